The lowest BCUT2D eigenvalue weighted by molar-refractivity contribution is 0.384. The van der Waals surface area contributed by atoms with E-state index in [1.807, 2.05) is 0 Å². The van der Waals surface area contributed by atoms with Gasteiger partial charge in [-0.1, -0.05) is 17.7 Å². The van der Waals surface area contributed by atoms with Crippen molar-refractivity contribution in [3.05, 3.63) is 28.8 Å². The van der Waals surface area contributed by atoms with Gasteiger partial charge in [-0.3, -0.25) is 0 Å². The van der Waals surface area contributed by atoms with Crippen molar-refractivity contribution in [1.29, 1.82) is 0 Å². The van der Waals surface area contributed by atoms with Gasteiger partial charge in [-0.25, -0.2) is 0 Å². The number of rotatable bonds is 5. The van der Waals surface area contributed by atoms with E-state index >= 15 is 0 Å². The molecule has 2 N–H and O–H groups in total. The third kappa shape index (κ3) is 3.95. The van der Waals surface area contributed by atoms with Crippen LogP contribution < -0.4 is 15.4 Å². The largest absolute Gasteiger partial charge is 0.496 e. The highest BCUT2D eigenvalue weighted by atomic mass is 16.5. The lowest BCUT2D eigenvalue weighted by Gasteiger charge is -2.24. The molecule has 1 aromatic rings. The summed E-state index contributed by atoms with van der Waals surface area (Å²) in [6.07, 6.45) is 3.52. The summed E-state index contributed by atoms with van der Waals surface area (Å²) < 4.78 is 5.54. The zero-order valence-electron chi connectivity index (χ0n) is 12.4. The number of hydrogen-bond acceptors (Lipinski definition) is 3. The van der Waals surface area contributed by atoms with Crippen LogP contribution in [0.3, 0.4) is 0 Å². The Morgan fingerprint density at radius 2 is 2.00 bits per heavy atom. The molecule has 1 fully saturated rings. The van der Waals surface area contributed by atoms with E-state index in [2.05, 4.69) is 36.6 Å². The van der Waals surface area contributed by atoms with Crippen LogP contribution in [0.15, 0.2) is 12.1 Å². The Hall–Kier alpha value is -1.06. The molecule has 2 rings (SSSR count). The Morgan fingerprint density at radius 1 is 1.26 bits per heavy atom. The predicted molar refractivity (Wildman–Crippen MR) is 80.1 cm³/mol. The van der Waals surface area contributed by atoms with Crippen LogP contribution in [-0.4, -0.2) is 32.8 Å². The third-order valence-electron chi connectivity index (χ3n) is 3.87. The van der Waals surface area contributed by atoms with Gasteiger partial charge in [0.05, 0.1) is 7.11 Å². The topological polar surface area (TPSA) is 33.3 Å². The maximum Gasteiger partial charge on any atom is 0.125 e. The zero-order valence-corrected chi connectivity index (χ0v) is 12.4. The summed E-state index contributed by atoms with van der Waals surface area (Å²) in [4.78, 5) is 0. The van der Waals surface area contributed by atoms with E-state index in [0.29, 0.717) is 6.04 Å². The molecule has 1 aromatic carbocycles. The first-order valence-electron chi connectivity index (χ1n) is 7.29. The van der Waals surface area contributed by atoms with Crippen molar-refractivity contribution in [2.24, 2.45) is 0 Å². The number of benzene rings is 1. The number of methoxy groups -OCH3 is 1. The normalized spacial score (nSPS) is 16.6. The lowest BCUT2D eigenvalue weighted by Crippen LogP contribution is -2.40. The zero-order chi connectivity index (χ0) is 13.7. The van der Waals surface area contributed by atoms with E-state index in [4.69, 9.17) is 4.74 Å². The third-order valence-corrected chi connectivity index (χ3v) is 3.87. The van der Waals surface area contributed by atoms with Crippen molar-refractivity contribution in [1.82, 2.24) is 10.6 Å². The SMILES string of the molecule is COc1c(C)cc(C)cc1CCNC1CCNCC1. The van der Waals surface area contributed by atoms with Crippen LogP contribution in [-0.2, 0) is 6.42 Å². The molecule has 1 aliphatic heterocycles. The van der Waals surface area contributed by atoms with E-state index in [9.17, 15) is 0 Å². The summed E-state index contributed by atoms with van der Waals surface area (Å²) in [5.41, 5.74) is 3.87. The molecule has 106 valence electrons. The molecular formula is C16H26N2O. The summed E-state index contributed by atoms with van der Waals surface area (Å²) in [6, 6.07) is 5.11. The number of hydrogen-bond donors (Lipinski definition) is 2. The van der Waals surface area contributed by atoms with Gasteiger partial charge in [-0.05, 0) is 63.9 Å². The van der Waals surface area contributed by atoms with Gasteiger partial charge in [-0.15, -0.1) is 0 Å². The van der Waals surface area contributed by atoms with Gasteiger partial charge >= 0.3 is 0 Å². The number of ether oxygens (including phenoxy) is 1. The highest BCUT2D eigenvalue weighted by Crippen LogP contribution is 2.25. The summed E-state index contributed by atoms with van der Waals surface area (Å²) in [5.74, 6) is 1.05. The Balaban J connectivity index is 1.91. The molecule has 0 spiro atoms. The van der Waals surface area contributed by atoms with Crippen LogP contribution in [0.4, 0.5) is 0 Å². The number of nitrogens with one attached hydrogen (secondary N) is 2. The van der Waals surface area contributed by atoms with Crippen LogP contribution in [0.5, 0.6) is 5.75 Å². The van der Waals surface area contributed by atoms with Crippen LogP contribution in [0.1, 0.15) is 29.5 Å². The average Bonchev–Trinajstić information content (AvgIpc) is 2.39. The molecule has 19 heavy (non-hydrogen) atoms. The van der Waals surface area contributed by atoms with Crippen LogP contribution in [0, 0.1) is 13.8 Å². The summed E-state index contributed by atoms with van der Waals surface area (Å²) in [6.45, 7) is 7.59. The molecule has 1 saturated heterocycles. The van der Waals surface area contributed by atoms with Crippen molar-refractivity contribution in [3.63, 3.8) is 0 Å². The first-order valence-corrected chi connectivity index (χ1v) is 7.29. The highest BCUT2D eigenvalue weighted by Gasteiger charge is 2.12. The lowest BCUT2D eigenvalue weighted by atomic mass is 10.0. The Bertz CT molecular complexity index is 411. The molecule has 0 radical (unpaired) electrons. The van der Waals surface area contributed by atoms with Crippen molar-refractivity contribution < 1.29 is 4.74 Å². The van der Waals surface area contributed by atoms with E-state index < -0.39 is 0 Å². The van der Waals surface area contributed by atoms with E-state index in [-0.39, 0.29) is 0 Å². The highest BCUT2D eigenvalue weighted by molar-refractivity contribution is 5.43. The molecular weight excluding hydrogens is 236 g/mol. The van der Waals surface area contributed by atoms with Gasteiger partial charge in [0, 0.05) is 6.04 Å². The van der Waals surface area contributed by atoms with E-state index in [1.165, 1.54) is 29.5 Å². The second kappa shape index (κ2) is 6.92. The van der Waals surface area contributed by atoms with Gasteiger partial charge in [0.2, 0.25) is 0 Å². The van der Waals surface area contributed by atoms with Crippen LogP contribution >= 0.6 is 0 Å². The molecule has 3 nitrogen and oxygen atoms in total. The molecule has 0 amide bonds. The maximum atomic E-state index is 5.54. The molecule has 0 atom stereocenters. The molecule has 3 heteroatoms. The minimum atomic E-state index is 0.679. The van der Waals surface area contributed by atoms with E-state index in [0.717, 1.165) is 31.8 Å². The van der Waals surface area contributed by atoms with Gasteiger partial charge in [0.25, 0.3) is 0 Å². The smallest absolute Gasteiger partial charge is 0.125 e. The van der Waals surface area contributed by atoms with Crippen molar-refractivity contribution in [2.75, 3.05) is 26.7 Å². The number of aryl methyl sites for hydroxylation is 2. The van der Waals surface area contributed by atoms with Gasteiger partial charge in [0.1, 0.15) is 5.75 Å². The first-order chi connectivity index (χ1) is 9.20. The maximum absolute atomic E-state index is 5.54. The molecule has 1 heterocycles. The minimum Gasteiger partial charge on any atom is -0.496 e. The fourth-order valence-electron chi connectivity index (χ4n) is 2.96. The molecule has 0 bridgehead atoms. The van der Waals surface area contributed by atoms with E-state index in [1.54, 1.807) is 7.11 Å². The Morgan fingerprint density at radius 3 is 2.68 bits per heavy atom. The van der Waals surface area contributed by atoms with Crippen molar-refractivity contribution >= 4 is 0 Å². The minimum absolute atomic E-state index is 0.679. The molecule has 0 aliphatic carbocycles. The summed E-state index contributed by atoms with van der Waals surface area (Å²) >= 11 is 0. The Kier molecular flexibility index (Phi) is 5.23. The fourth-order valence-corrected chi connectivity index (χ4v) is 2.96. The van der Waals surface area contributed by atoms with Crippen LogP contribution in [0.25, 0.3) is 0 Å². The van der Waals surface area contributed by atoms with Crippen molar-refractivity contribution in [2.45, 2.75) is 39.2 Å². The van der Waals surface area contributed by atoms with Gasteiger partial charge in [-0.2, -0.15) is 0 Å². The molecule has 0 saturated carbocycles. The average molecular weight is 262 g/mol. The molecule has 0 unspecified atom stereocenters. The first kappa shape index (κ1) is 14.4. The van der Waals surface area contributed by atoms with Gasteiger partial charge < -0.3 is 15.4 Å². The molecule has 1 aliphatic rings. The van der Waals surface area contributed by atoms with Gasteiger partial charge in [0.15, 0.2) is 0 Å². The number of piperidine rings is 1. The second-order valence-electron chi connectivity index (χ2n) is 5.50. The monoisotopic (exact) mass is 262 g/mol. The summed E-state index contributed by atoms with van der Waals surface area (Å²) in [5, 5.41) is 7.06. The molecule has 0 aromatic heterocycles. The summed E-state index contributed by atoms with van der Waals surface area (Å²) in [7, 11) is 1.77. The predicted octanol–water partition coefficient (Wildman–Crippen LogP) is 2.20. The quantitative estimate of drug-likeness (QED) is 0.853. The Labute approximate surface area is 116 Å². The van der Waals surface area contributed by atoms with Crippen LogP contribution in [0.2, 0.25) is 0 Å². The van der Waals surface area contributed by atoms with Crippen molar-refractivity contribution in [3.8, 4) is 5.75 Å². The standard InChI is InChI=1S/C16H26N2O/c1-12-10-13(2)16(19-3)14(11-12)4-9-18-15-5-7-17-8-6-15/h10-11,15,17-18H,4-9H2,1-3H3. The fraction of sp³-hybridized carbons (Fsp3) is 0.625. The second-order valence-corrected chi connectivity index (χ2v) is 5.50.